The molecule has 0 saturated heterocycles. The minimum Gasteiger partial charge on any atom is -0.467 e. The molecular formula is C12H14O4. The Morgan fingerprint density at radius 2 is 2.19 bits per heavy atom. The molecule has 1 rings (SSSR count). The van der Waals surface area contributed by atoms with Gasteiger partial charge in [0.1, 0.15) is 11.3 Å². The molecule has 0 N–H and O–H groups in total. The average molecular weight is 222 g/mol. The van der Waals surface area contributed by atoms with Gasteiger partial charge in [0, 0.05) is 7.11 Å². The van der Waals surface area contributed by atoms with Crippen molar-refractivity contribution in [3.63, 3.8) is 0 Å². The highest BCUT2D eigenvalue weighted by molar-refractivity contribution is 5.92. The smallest absolute Gasteiger partial charge is 0.341 e. The SMILES string of the molecule is C=Cc1ccc(C(=O)OC)c(OCOC)c1. The minimum absolute atomic E-state index is 0.0740. The summed E-state index contributed by atoms with van der Waals surface area (Å²) in [5.74, 6) is -0.0205. The first-order valence-corrected chi connectivity index (χ1v) is 4.69. The number of benzene rings is 1. The van der Waals surface area contributed by atoms with Crippen LogP contribution in [0.1, 0.15) is 15.9 Å². The molecule has 0 atom stereocenters. The molecule has 16 heavy (non-hydrogen) atoms. The fraction of sp³-hybridized carbons (Fsp3) is 0.250. The summed E-state index contributed by atoms with van der Waals surface area (Å²) in [7, 11) is 2.83. The Hall–Kier alpha value is -1.81. The predicted octanol–water partition coefficient (Wildman–Crippen LogP) is 2.10. The van der Waals surface area contributed by atoms with E-state index in [4.69, 9.17) is 9.47 Å². The molecule has 0 aromatic heterocycles. The van der Waals surface area contributed by atoms with Crippen molar-refractivity contribution in [3.05, 3.63) is 35.9 Å². The van der Waals surface area contributed by atoms with Crippen molar-refractivity contribution in [1.82, 2.24) is 0 Å². The van der Waals surface area contributed by atoms with Crippen LogP contribution in [0.5, 0.6) is 5.75 Å². The number of hydrogen-bond donors (Lipinski definition) is 0. The monoisotopic (exact) mass is 222 g/mol. The van der Waals surface area contributed by atoms with Crippen LogP contribution in [0, 0.1) is 0 Å². The third-order valence-electron chi connectivity index (χ3n) is 1.98. The zero-order valence-corrected chi connectivity index (χ0v) is 9.36. The van der Waals surface area contributed by atoms with Gasteiger partial charge in [0.05, 0.1) is 7.11 Å². The molecule has 0 unspecified atom stereocenters. The van der Waals surface area contributed by atoms with E-state index in [1.807, 2.05) is 0 Å². The molecule has 0 aliphatic carbocycles. The Bertz CT molecular complexity index is 385. The van der Waals surface area contributed by atoms with Crippen LogP contribution in [0.2, 0.25) is 0 Å². The molecule has 4 heteroatoms. The summed E-state index contributed by atoms with van der Waals surface area (Å²) in [6.45, 7) is 3.72. The number of esters is 1. The van der Waals surface area contributed by atoms with Crippen molar-refractivity contribution < 1.29 is 19.0 Å². The molecule has 0 aliphatic heterocycles. The molecule has 0 spiro atoms. The highest BCUT2D eigenvalue weighted by Crippen LogP contribution is 2.22. The Kier molecular flexibility index (Phi) is 4.54. The van der Waals surface area contributed by atoms with Gasteiger partial charge in [-0.3, -0.25) is 0 Å². The van der Waals surface area contributed by atoms with Crippen LogP contribution in [0.3, 0.4) is 0 Å². The maximum atomic E-state index is 11.4. The van der Waals surface area contributed by atoms with Crippen molar-refractivity contribution in [3.8, 4) is 5.75 Å². The second-order valence-corrected chi connectivity index (χ2v) is 3.00. The predicted molar refractivity (Wildman–Crippen MR) is 60.4 cm³/mol. The largest absolute Gasteiger partial charge is 0.467 e. The Balaban J connectivity index is 3.05. The Labute approximate surface area is 94.4 Å². The highest BCUT2D eigenvalue weighted by atomic mass is 16.7. The second kappa shape index (κ2) is 5.92. The van der Waals surface area contributed by atoms with Gasteiger partial charge in [-0.25, -0.2) is 4.79 Å². The Morgan fingerprint density at radius 3 is 2.75 bits per heavy atom. The van der Waals surface area contributed by atoms with Crippen molar-refractivity contribution in [1.29, 1.82) is 0 Å². The second-order valence-electron chi connectivity index (χ2n) is 3.00. The zero-order valence-electron chi connectivity index (χ0n) is 9.36. The number of carbonyl (C=O) groups excluding carboxylic acids is 1. The van der Waals surface area contributed by atoms with Gasteiger partial charge in [-0.1, -0.05) is 18.7 Å². The topological polar surface area (TPSA) is 44.8 Å². The standard InChI is InChI=1S/C12H14O4/c1-4-9-5-6-10(12(13)15-3)11(7-9)16-8-14-2/h4-7H,1,8H2,2-3H3. The van der Waals surface area contributed by atoms with Crippen LogP contribution < -0.4 is 4.74 Å². The van der Waals surface area contributed by atoms with Gasteiger partial charge in [-0.2, -0.15) is 0 Å². The van der Waals surface area contributed by atoms with E-state index in [0.29, 0.717) is 11.3 Å². The summed E-state index contributed by atoms with van der Waals surface area (Å²) >= 11 is 0. The molecule has 86 valence electrons. The first kappa shape index (κ1) is 12.3. The molecule has 4 nitrogen and oxygen atoms in total. The summed E-state index contributed by atoms with van der Waals surface area (Å²) in [4.78, 5) is 11.4. The minimum atomic E-state index is -0.443. The molecule has 0 aliphatic rings. The van der Waals surface area contributed by atoms with Crippen molar-refractivity contribution in [2.24, 2.45) is 0 Å². The van der Waals surface area contributed by atoms with Gasteiger partial charge in [0.2, 0.25) is 0 Å². The van der Waals surface area contributed by atoms with E-state index in [1.165, 1.54) is 14.2 Å². The van der Waals surface area contributed by atoms with E-state index in [2.05, 4.69) is 11.3 Å². The lowest BCUT2D eigenvalue weighted by Crippen LogP contribution is -2.07. The number of hydrogen-bond acceptors (Lipinski definition) is 4. The third-order valence-corrected chi connectivity index (χ3v) is 1.98. The summed E-state index contributed by atoms with van der Waals surface area (Å²) < 4.78 is 14.7. The molecule has 0 fully saturated rings. The highest BCUT2D eigenvalue weighted by Gasteiger charge is 2.13. The van der Waals surface area contributed by atoms with E-state index >= 15 is 0 Å². The molecule has 0 bridgehead atoms. The molecular weight excluding hydrogens is 208 g/mol. The summed E-state index contributed by atoms with van der Waals surface area (Å²) in [5.41, 5.74) is 1.23. The summed E-state index contributed by atoms with van der Waals surface area (Å²) in [6, 6.07) is 5.10. The fourth-order valence-electron chi connectivity index (χ4n) is 1.19. The molecule has 1 aromatic rings. The summed E-state index contributed by atoms with van der Waals surface area (Å²) in [6.07, 6.45) is 1.67. The molecule has 0 saturated carbocycles. The lowest BCUT2D eigenvalue weighted by atomic mass is 10.1. The lowest BCUT2D eigenvalue weighted by molar-refractivity contribution is 0.0465. The quantitative estimate of drug-likeness (QED) is 0.565. The Morgan fingerprint density at radius 1 is 1.44 bits per heavy atom. The van der Waals surface area contributed by atoms with E-state index in [1.54, 1.807) is 24.3 Å². The zero-order chi connectivity index (χ0) is 12.0. The van der Waals surface area contributed by atoms with Crippen molar-refractivity contribution >= 4 is 12.0 Å². The molecule has 1 aromatic carbocycles. The number of carbonyl (C=O) groups is 1. The number of methoxy groups -OCH3 is 2. The maximum absolute atomic E-state index is 11.4. The van der Waals surface area contributed by atoms with Crippen molar-refractivity contribution in [2.75, 3.05) is 21.0 Å². The van der Waals surface area contributed by atoms with Crippen LogP contribution in [0.15, 0.2) is 24.8 Å². The number of ether oxygens (including phenoxy) is 3. The van der Waals surface area contributed by atoms with Gasteiger partial charge in [-0.05, 0) is 17.7 Å². The van der Waals surface area contributed by atoms with Gasteiger partial charge < -0.3 is 14.2 Å². The van der Waals surface area contributed by atoms with Crippen LogP contribution in [-0.2, 0) is 9.47 Å². The molecule has 0 radical (unpaired) electrons. The van der Waals surface area contributed by atoms with Crippen LogP contribution in [-0.4, -0.2) is 27.0 Å². The van der Waals surface area contributed by atoms with E-state index in [9.17, 15) is 4.79 Å². The lowest BCUT2D eigenvalue weighted by Gasteiger charge is -2.10. The van der Waals surface area contributed by atoms with Crippen LogP contribution in [0.25, 0.3) is 6.08 Å². The van der Waals surface area contributed by atoms with Gasteiger partial charge in [-0.15, -0.1) is 0 Å². The fourth-order valence-corrected chi connectivity index (χ4v) is 1.19. The average Bonchev–Trinajstić information content (AvgIpc) is 2.34. The molecule has 0 heterocycles. The third kappa shape index (κ3) is 2.84. The van der Waals surface area contributed by atoms with E-state index in [-0.39, 0.29) is 6.79 Å². The van der Waals surface area contributed by atoms with Crippen LogP contribution >= 0.6 is 0 Å². The van der Waals surface area contributed by atoms with Gasteiger partial charge in [0.15, 0.2) is 6.79 Å². The van der Waals surface area contributed by atoms with Crippen molar-refractivity contribution in [2.45, 2.75) is 0 Å². The summed E-state index contributed by atoms with van der Waals surface area (Å²) in [5, 5.41) is 0. The first-order chi connectivity index (χ1) is 7.72. The van der Waals surface area contributed by atoms with E-state index < -0.39 is 5.97 Å². The molecule has 0 amide bonds. The first-order valence-electron chi connectivity index (χ1n) is 4.69. The van der Waals surface area contributed by atoms with Gasteiger partial charge >= 0.3 is 5.97 Å². The maximum Gasteiger partial charge on any atom is 0.341 e. The van der Waals surface area contributed by atoms with Gasteiger partial charge in [0.25, 0.3) is 0 Å². The normalized spacial score (nSPS) is 9.62. The van der Waals surface area contributed by atoms with Crippen LogP contribution in [0.4, 0.5) is 0 Å². The van der Waals surface area contributed by atoms with E-state index in [0.717, 1.165) is 5.56 Å². The number of rotatable bonds is 5.